The van der Waals surface area contributed by atoms with E-state index in [1.54, 1.807) is 0 Å². The highest BCUT2D eigenvalue weighted by molar-refractivity contribution is 6.01. The van der Waals surface area contributed by atoms with Crippen LogP contribution in [0.15, 0.2) is 200 Å². The van der Waals surface area contributed by atoms with Gasteiger partial charge in [-0.1, -0.05) is 184 Å². The number of hydrogen-bond acceptors (Lipinski definition) is 1. The molecular weight excluding hydrogens is 627 g/mol. The van der Waals surface area contributed by atoms with E-state index >= 15 is 0 Å². The van der Waals surface area contributed by atoms with Crippen molar-refractivity contribution in [2.24, 2.45) is 0 Å². The molecule has 0 fully saturated rings. The Morgan fingerprint density at radius 1 is 0.327 bits per heavy atom. The van der Waals surface area contributed by atoms with E-state index in [-0.39, 0.29) is 5.41 Å². The first-order chi connectivity index (χ1) is 25.6. The van der Waals surface area contributed by atoms with Crippen molar-refractivity contribution >= 4 is 17.1 Å². The van der Waals surface area contributed by atoms with Crippen molar-refractivity contribution in [1.82, 2.24) is 0 Å². The minimum atomic E-state index is -0.245. The maximum absolute atomic E-state index is 2.46. The highest BCUT2D eigenvalue weighted by atomic mass is 15.1. The van der Waals surface area contributed by atoms with Crippen LogP contribution in [-0.4, -0.2) is 0 Å². The fourth-order valence-electron chi connectivity index (χ4n) is 8.18. The lowest BCUT2D eigenvalue weighted by Gasteiger charge is -2.33. The van der Waals surface area contributed by atoms with Gasteiger partial charge in [-0.15, -0.1) is 0 Å². The van der Waals surface area contributed by atoms with E-state index in [1.165, 1.54) is 72.4 Å². The largest absolute Gasteiger partial charge is 0.310 e. The molecule has 0 spiro atoms. The van der Waals surface area contributed by atoms with E-state index in [0.717, 1.165) is 11.4 Å². The molecule has 0 saturated carbocycles. The van der Waals surface area contributed by atoms with Crippen LogP contribution in [0.3, 0.4) is 0 Å². The van der Waals surface area contributed by atoms with Gasteiger partial charge in [-0.05, 0) is 97.1 Å². The van der Waals surface area contributed by atoms with Gasteiger partial charge >= 0.3 is 0 Å². The molecule has 0 atom stereocenters. The lowest BCUT2D eigenvalue weighted by molar-refractivity contribution is 0.661. The zero-order chi connectivity index (χ0) is 35.1. The maximum Gasteiger partial charge on any atom is 0.0509 e. The summed E-state index contributed by atoms with van der Waals surface area (Å²) >= 11 is 0. The molecule has 0 heterocycles. The summed E-state index contributed by atoms with van der Waals surface area (Å²) in [6.45, 7) is 4.78. The molecule has 1 aliphatic rings. The van der Waals surface area contributed by atoms with Crippen molar-refractivity contribution in [3.63, 3.8) is 0 Å². The highest BCUT2D eigenvalue weighted by Crippen LogP contribution is 2.57. The Morgan fingerprint density at radius 2 is 0.750 bits per heavy atom. The van der Waals surface area contributed by atoms with E-state index in [0.29, 0.717) is 0 Å². The van der Waals surface area contributed by atoms with Gasteiger partial charge in [0, 0.05) is 16.8 Å². The molecular formula is C51H39N. The van der Waals surface area contributed by atoms with E-state index in [4.69, 9.17) is 0 Å². The van der Waals surface area contributed by atoms with Crippen LogP contribution in [0.4, 0.5) is 17.1 Å². The van der Waals surface area contributed by atoms with Crippen molar-refractivity contribution in [2.45, 2.75) is 19.3 Å². The van der Waals surface area contributed by atoms with Crippen molar-refractivity contribution < 1.29 is 0 Å². The Hall–Kier alpha value is -6.44. The van der Waals surface area contributed by atoms with Gasteiger partial charge in [0.1, 0.15) is 0 Å². The SMILES string of the molecule is CC1(C)c2ccccc2-c2c(-c3ccccc3-c3ccccc3)ccc(N(c3ccc(-c4ccccc4)cc3)c3ccc(-c4ccccc4)cc3)c21. The molecule has 1 nitrogen and oxygen atoms in total. The van der Waals surface area contributed by atoms with Crippen LogP contribution >= 0.6 is 0 Å². The van der Waals surface area contributed by atoms with Gasteiger partial charge < -0.3 is 4.90 Å². The summed E-state index contributed by atoms with van der Waals surface area (Å²) in [5, 5.41) is 0. The first-order valence-electron chi connectivity index (χ1n) is 18.1. The van der Waals surface area contributed by atoms with E-state index < -0.39 is 0 Å². The smallest absolute Gasteiger partial charge is 0.0509 e. The zero-order valence-electron chi connectivity index (χ0n) is 29.5. The maximum atomic E-state index is 2.46. The molecule has 0 radical (unpaired) electrons. The van der Waals surface area contributed by atoms with Crippen LogP contribution in [-0.2, 0) is 5.41 Å². The van der Waals surface area contributed by atoms with Crippen LogP contribution in [0, 0.1) is 0 Å². The third-order valence-electron chi connectivity index (χ3n) is 10.7. The second-order valence-electron chi connectivity index (χ2n) is 14.1. The van der Waals surface area contributed by atoms with Gasteiger partial charge in [0.2, 0.25) is 0 Å². The minimum absolute atomic E-state index is 0.245. The molecule has 0 bridgehead atoms. The van der Waals surface area contributed by atoms with E-state index in [1.807, 2.05) is 0 Å². The molecule has 0 amide bonds. The Bertz CT molecular complexity index is 2410. The molecule has 1 heteroatoms. The Morgan fingerprint density at radius 3 is 1.29 bits per heavy atom. The van der Waals surface area contributed by atoms with Crippen LogP contribution in [0.5, 0.6) is 0 Å². The third-order valence-corrected chi connectivity index (χ3v) is 10.7. The predicted molar refractivity (Wildman–Crippen MR) is 220 cm³/mol. The van der Waals surface area contributed by atoms with E-state index in [9.17, 15) is 0 Å². The average molecular weight is 666 g/mol. The average Bonchev–Trinajstić information content (AvgIpc) is 3.46. The number of nitrogens with zero attached hydrogens (tertiary/aromatic N) is 1. The predicted octanol–water partition coefficient (Wildman–Crippen LogP) is 14.1. The molecule has 0 aromatic heterocycles. The standard InChI is InChI=1S/C51H39N/c1-51(2)47-25-15-14-24-46(47)49-45(44-23-13-12-22-43(44)40-20-10-5-11-21-40)34-35-48(50(49)51)52(41-30-26-38(27-31-41)36-16-6-3-7-17-36)42-32-28-39(29-33-42)37-18-8-4-9-19-37/h3-35H,1-2H3. The highest BCUT2D eigenvalue weighted by Gasteiger charge is 2.40. The van der Waals surface area contributed by atoms with Crippen LogP contribution in [0.1, 0.15) is 25.0 Å². The number of hydrogen-bond donors (Lipinski definition) is 0. The van der Waals surface area contributed by atoms with Gasteiger partial charge in [-0.3, -0.25) is 0 Å². The van der Waals surface area contributed by atoms with Crippen molar-refractivity contribution in [3.05, 3.63) is 211 Å². The quantitative estimate of drug-likeness (QED) is 0.164. The normalized spacial score (nSPS) is 12.6. The fourth-order valence-corrected chi connectivity index (χ4v) is 8.18. The lowest BCUT2D eigenvalue weighted by atomic mass is 9.80. The monoisotopic (exact) mass is 665 g/mol. The summed E-state index contributed by atoms with van der Waals surface area (Å²) < 4.78 is 0. The lowest BCUT2D eigenvalue weighted by Crippen LogP contribution is -2.20. The molecule has 0 saturated heterocycles. The number of benzene rings is 8. The van der Waals surface area contributed by atoms with Gasteiger partial charge in [-0.2, -0.15) is 0 Å². The molecule has 52 heavy (non-hydrogen) atoms. The zero-order valence-corrected chi connectivity index (χ0v) is 29.5. The third kappa shape index (κ3) is 5.43. The van der Waals surface area contributed by atoms with Crippen molar-refractivity contribution in [2.75, 3.05) is 4.90 Å². The number of anilines is 3. The summed E-state index contributed by atoms with van der Waals surface area (Å²) in [7, 11) is 0. The van der Waals surface area contributed by atoms with E-state index in [2.05, 4.69) is 219 Å². The summed E-state index contributed by atoms with van der Waals surface area (Å²) in [6, 6.07) is 72.7. The topological polar surface area (TPSA) is 3.24 Å². The summed E-state index contributed by atoms with van der Waals surface area (Å²) in [4.78, 5) is 2.46. The molecule has 1 aliphatic carbocycles. The first-order valence-corrected chi connectivity index (χ1v) is 18.1. The van der Waals surface area contributed by atoms with Crippen LogP contribution < -0.4 is 4.90 Å². The second-order valence-corrected chi connectivity index (χ2v) is 14.1. The summed E-state index contributed by atoms with van der Waals surface area (Å²) in [5.41, 5.74) is 18.3. The van der Waals surface area contributed by atoms with Crippen LogP contribution in [0.25, 0.3) is 55.6 Å². The number of fused-ring (bicyclic) bond motifs is 3. The fraction of sp³-hybridized carbons (Fsp3) is 0.0588. The molecule has 248 valence electrons. The Balaban J connectivity index is 1.28. The van der Waals surface area contributed by atoms with Crippen LogP contribution in [0.2, 0.25) is 0 Å². The molecule has 0 N–H and O–H groups in total. The molecule has 8 aromatic rings. The van der Waals surface area contributed by atoms with Gasteiger partial charge in [0.05, 0.1) is 5.69 Å². The van der Waals surface area contributed by atoms with Gasteiger partial charge in [0.15, 0.2) is 0 Å². The van der Waals surface area contributed by atoms with Gasteiger partial charge in [-0.25, -0.2) is 0 Å². The summed E-state index contributed by atoms with van der Waals surface area (Å²) in [5.74, 6) is 0. The molecule has 9 rings (SSSR count). The Labute approximate surface area is 307 Å². The number of rotatable bonds is 7. The summed E-state index contributed by atoms with van der Waals surface area (Å²) in [6.07, 6.45) is 0. The first kappa shape index (κ1) is 31.5. The minimum Gasteiger partial charge on any atom is -0.310 e. The molecule has 8 aromatic carbocycles. The second kappa shape index (κ2) is 13.0. The Kier molecular flexibility index (Phi) is 7.90. The molecule has 0 unspecified atom stereocenters. The van der Waals surface area contributed by atoms with Gasteiger partial charge in [0.25, 0.3) is 0 Å². The van der Waals surface area contributed by atoms with Crippen molar-refractivity contribution in [3.8, 4) is 55.6 Å². The molecule has 0 aliphatic heterocycles. The van der Waals surface area contributed by atoms with Crippen molar-refractivity contribution in [1.29, 1.82) is 0 Å².